The zero-order valence-electron chi connectivity index (χ0n) is 15.5. The Hall–Kier alpha value is -2.86. The molecule has 2 aliphatic heterocycles. The molecule has 2 aromatic carbocycles. The number of hydrogen-bond acceptors (Lipinski definition) is 5. The average molecular weight is 365 g/mol. The fourth-order valence-corrected chi connectivity index (χ4v) is 3.74. The van der Waals surface area contributed by atoms with Crippen LogP contribution in [0.1, 0.15) is 24.0 Å². The van der Waals surface area contributed by atoms with Gasteiger partial charge in [-0.15, -0.1) is 0 Å². The molecule has 0 atom stereocenters. The number of nitrogens with one attached hydrogen (secondary N) is 2. The minimum absolute atomic E-state index is 0.0663. The molecule has 0 saturated carbocycles. The third-order valence-electron chi connectivity index (χ3n) is 5.25. The van der Waals surface area contributed by atoms with Crippen LogP contribution in [-0.4, -0.2) is 44.5 Å². The van der Waals surface area contributed by atoms with Gasteiger partial charge in [0.05, 0.1) is 25.6 Å². The fraction of sp³-hybridized carbons (Fsp3) is 0.333. The molecule has 6 nitrogen and oxygen atoms in total. The van der Waals surface area contributed by atoms with E-state index in [0.717, 1.165) is 29.9 Å². The standard InChI is InChI=1S/C21H23N3O3/c1-26-17-12-15-16(13-18(17)27-2)23-20(25)21(8-10-22-11-9-21)24-19(15)14-6-4-3-5-7-14/h3-7,12-13,22H,8-11H2,1-2H3,(H,23,25). The van der Waals surface area contributed by atoms with E-state index in [-0.39, 0.29) is 5.91 Å². The molecule has 27 heavy (non-hydrogen) atoms. The quantitative estimate of drug-likeness (QED) is 0.877. The molecule has 2 heterocycles. The number of aliphatic imine (C=N–C) groups is 1. The lowest BCUT2D eigenvalue weighted by atomic mass is 9.87. The van der Waals surface area contributed by atoms with Gasteiger partial charge in [-0.1, -0.05) is 30.3 Å². The summed E-state index contributed by atoms with van der Waals surface area (Å²) < 4.78 is 10.9. The normalized spacial score (nSPS) is 18.1. The summed E-state index contributed by atoms with van der Waals surface area (Å²) in [5.74, 6) is 1.11. The summed E-state index contributed by atoms with van der Waals surface area (Å²) in [5.41, 5.74) is 2.53. The van der Waals surface area contributed by atoms with Crippen LogP contribution in [0.5, 0.6) is 11.5 Å². The van der Waals surface area contributed by atoms with E-state index in [4.69, 9.17) is 14.5 Å². The third kappa shape index (κ3) is 3.06. The van der Waals surface area contributed by atoms with Crippen LogP contribution in [0.2, 0.25) is 0 Å². The zero-order valence-corrected chi connectivity index (χ0v) is 15.5. The van der Waals surface area contributed by atoms with E-state index < -0.39 is 5.54 Å². The molecule has 0 bridgehead atoms. The summed E-state index contributed by atoms with van der Waals surface area (Å²) in [6, 6.07) is 13.7. The van der Waals surface area contributed by atoms with Gasteiger partial charge in [0.15, 0.2) is 11.5 Å². The maximum absolute atomic E-state index is 13.2. The molecule has 0 aromatic heterocycles. The summed E-state index contributed by atoms with van der Waals surface area (Å²) in [5, 5.41) is 6.41. The largest absolute Gasteiger partial charge is 0.493 e. The summed E-state index contributed by atoms with van der Waals surface area (Å²) in [7, 11) is 3.19. The van der Waals surface area contributed by atoms with Crippen molar-refractivity contribution in [3.63, 3.8) is 0 Å². The van der Waals surface area contributed by atoms with Crippen LogP contribution in [0, 0.1) is 0 Å². The molecule has 2 aromatic rings. The molecule has 1 spiro atoms. The van der Waals surface area contributed by atoms with Crippen LogP contribution < -0.4 is 20.1 Å². The van der Waals surface area contributed by atoms with Gasteiger partial charge in [0.25, 0.3) is 5.91 Å². The molecule has 0 unspecified atom stereocenters. The monoisotopic (exact) mass is 365 g/mol. The topological polar surface area (TPSA) is 72.0 Å². The number of nitrogens with zero attached hydrogens (tertiary/aromatic N) is 1. The number of rotatable bonds is 3. The number of carbonyl (C=O) groups is 1. The Kier molecular flexibility index (Phi) is 4.58. The number of fused-ring (bicyclic) bond motifs is 1. The molecule has 2 aliphatic rings. The van der Waals surface area contributed by atoms with Crippen LogP contribution in [0.3, 0.4) is 0 Å². The van der Waals surface area contributed by atoms with Crippen molar-refractivity contribution in [2.75, 3.05) is 32.6 Å². The molecule has 2 N–H and O–H groups in total. The van der Waals surface area contributed by atoms with Crippen molar-refractivity contribution in [3.8, 4) is 11.5 Å². The lowest BCUT2D eigenvalue weighted by molar-refractivity contribution is -0.121. The molecule has 1 fully saturated rings. The van der Waals surface area contributed by atoms with Crippen molar-refractivity contribution in [1.82, 2.24) is 5.32 Å². The van der Waals surface area contributed by atoms with Gasteiger partial charge in [0.1, 0.15) is 5.54 Å². The molecule has 0 radical (unpaired) electrons. The highest BCUT2D eigenvalue weighted by atomic mass is 16.5. The first-order valence-corrected chi connectivity index (χ1v) is 9.11. The number of benzene rings is 2. The lowest BCUT2D eigenvalue weighted by Crippen LogP contribution is -2.49. The lowest BCUT2D eigenvalue weighted by Gasteiger charge is -2.32. The first kappa shape index (κ1) is 17.5. The second-order valence-electron chi connectivity index (χ2n) is 6.81. The van der Waals surface area contributed by atoms with Crippen LogP contribution in [0.15, 0.2) is 47.5 Å². The number of anilines is 1. The number of hydrogen-bond donors (Lipinski definition) is 2. The van der Waals surface area contributed by atoms with Gasteiger partial charge in [0.2, 0.25) is 0 Å². The van der Waals surface area contributed by atoms with Gasteiger partial charge in [-0.05, 0) is 32.0 Å². The summed E-state index contributed by atoms with van der Waals surface area (Å²) in [4.78, 5) is 18.2. The van der Waals surface area contributed by atoms with Crippen molar-refractivity contribution in [3.05, 3.63) is 53.6 Å². The van der Waals surface area contributed by atoms with Crippen LogP contribution >= 0.6 is 0 Å². The van der Waals surface area contributed by atoms with E-state index in [1.165, 1.54) is 0 Å². The fourth-order valence-electron chi connectivity index (χ4n) is 3.74. The molecular weight excluding hydrogens is 342 g/mol. The van der Waals surface area contributed by atoms with Crippen molar-refractivity contribution in [1.29, 1.82) is 0 Å². The zero-order chi connectivity index (χ0) is 18.9. The predicted octanol–water partition coefficient (Wildman–Crippen LogP) is 2.62. The summed E-state index contributed by atoms with van der Waals surface area (Å²) in [6.45, 7) is 1.53. The minimum Gasteiger partial charge on any atom is -0.493 e. The Morgan fingerprint density at radius 2 is 1.67 bits per heavy atom. The maximum atomic E-state index is 13.2. The van der Waals surface area contributed by atoms with Gasteiger partial charge in [-0.2, -0.15) is 0 Å². The average Bonchev–Trinajstić information content (AvgIpc) is 2.83. The predicted molar refractivity (Wildman–Crippen MR) is 105 cm³/mol. The number of methoxy groups -OCH3 is 2. The molecular formula is C21H23N3O3. The second-order valence-corrected chi connectivity index (χ2v) is 6.81. The molecule has 6 heteroatoms. The van der Waals surface area contributed by atoms with E-state index in [2.05, 4.69) is 10.6 Å². The van der Waals surface area contributed by atoms with E-state index in [0.29, 0.717) is 30.0 Å². The summed E-state index contributed by atoms with van der Waals surface area (Å²) >= 11 is 0. The molecule has 1 saturated heterocycles. The molecule has 4 rings (SSSR count). The number of piperidine rings is 1. The van der Waals surface area contributed by atoms with Gasteiger partial charge in [0, 0.05) is 17.2 Å². The van der Waals surface area contributed by atoms with E-state index in [9.17, 15) is 4.79 Å². The van der Waals surface area contributed by atoms with Gasteiger partial charge >= 0.3 is 0 Å². The molecule has 1 amide bonds. The first-order chi connectivity index (χ1) is 13.2. The number of carbonyl (C=O) groups excluding carboxylic acids is 1. The smallest absolute Gasteiger partial charge is 0.252 e. The Morgan fingerprint density at radius 3 is 2.33 bits per heavy atom. The van der Waals surface area contributed by atoms with Crippen molar-refractivity contribution in [2.24, 2.45) is 4.99 Å². The maximum Gasteiger partial charge on any atom is 0.252 e. The Morgan fingerprint density at radius 1 is 1.00 bits per heavy atom. The van der Waals surface area contributed by atoms with Gasteiger partial charge in [-0.25, -0.2) is 0 Å². The van der Waals surface area contributed by atoms with E-state index in [1.54, 1.807) is 14.2 Å². The van der Waals surface area contributed by atoms with Gasteiger partial charge in [-0.3, -0.25) is 9.79 Å². The Bertz CT molecular complexity index is 887. The minimum atomic E-state index is -0.768. The van der Waals surface area contributed by atoms with Crippen molar-refractivity contribution in [2.45, 2.75) is 18.4 Å². The highest BCUT2D eigenvalue weighted by Gasteiger charge is 2.42. The number of amides is 1. The van der Waals surface area contributed by atoms with Gasteiger partial charge < -0.3 is 20.1 Å². The van der Waals surface area contributed by atoms with Crippen LogP contribution in [-0.2, 0) is 4.79 Å². The molecule has 0 aliphatic carbocycles. The molecule has 140 valence electrons. The van der Waals surface area contributed by atoms with Crippen LogP contribution in [0.4, 0.5) is 5.69 Å². The van der Waals surface area contributed by atoms with Crippen molar-refractivity contribution < 1.29 is 14.3 Å². The van der Waals surface area contributed by atoms with Crippen LogP contribution in [0.25, 0.3) is 0 Å². The SMILES string of the molecule is COc1cc2c(cc1OC)C(c1ccccc1)=NC1(CCNCC1)C(=O)N2. The van der Waals surface area contributed by atoms with Crippen molar-refractivity contribution >= 4 is 17.3 Å². The highest BCUT2D eigenvalue weighted by Crippen LogP contribution is 2.39. The van der Waals surface area contributed by atoms with E-state index in [1.807, 2.05) is 42.5 Å². The third-order valence-corrected chi connectivity index (χ3v) is 5.25. The Labute approximate surface area is 158 Å². The van der Waals surface area contributed by atoms with E-state index >= 15 is 0 Å². The Balaban J connectivity index is 1.95. The summed E-state index contributed by atoms with van der Waals surface area (Å²) in [6.07, 6.45) is 1.33. The first-order valence-electron chi connectivity index (χ1n) is 9.11. The number of ether oxygens (including phenoxy) is 2. The second kappa shape index (κ2) is 7.04. The highest BCUT2D eigenvalue weighted by molar-refractivity contribution is 6.20.